The van der Waals surface area contributed by atoms with Gasteiger partial charge in [0.15, 0.2) is 5.78 Å². The zero-order valence-corrected chi connectivity index (χ0v) is 35.5. The maximum Gasteiger partial charge on any atom is 0.407 e. The fraction of sp³-hybridized carbons (Fsp3) is 0.614. The van der Waals surface area contributed by atoms with Crippen LogP contribution in [0.4, 0.5) is 10.5 Å². The molecule has 4 rings (SSSR count). The van der Waals surface area contributed by atoms with Crippen LogP contribution >= 0.6 is 11.3 Å². The molecule has 0 saturated heterocycles. The number of esters is 1. The number of Topliss-reactive ketones (excluding diaryl/α,β-unsaturated/α-hetero) is 1. The maximum absolute atomic E-state index is 13.8. The number of carbonyl (C=O) groups is 5. The van der Waals surface area contributed by atoms with Gasteiger partial charge < -0.3 is 39.0 Å². The molecule has 1 aliphatic rings. The summed E-state index contributed by atoms with van der Waals surface area (Å²) in [6.45, 7) is 9.68. The normalized spacial score (nSPS) is 15.2. The van der Waals surface area contributed by atoms with Crippen LogP contribution in [0.1, 0.15) is 107 Å². The van der Waals surface area contributed by atoms with Crippen LogP contribution in [-0.4, -0.2) is 93.5 Å². The van der Waals surface area contributed by atoms with Crippen LogP contribution in [0.3, 0.4) is 0 Å². The first kappa shape index (κ1) is 46.4. The van der Waals surface area contributed by atoms with Crippen molar-refractivity contribution in [2.24, 2.45) is 11.8 Å². The van der Waals surface area contributed by atoms with Crippen LogP contribution in [0, 0.1) is 11.8 Å². The summed E-state index contributed by atoms with van der Waals surface area (Å²) < 4.78 is 23.7. The SMILES string of the molecule is CCOC(=O)CCCOCCOCCOC(=O)NCCCCCCNC(=O)C1CCC(CC(=O)c2cc3sccc3n2CC(=O)N(CC)c2cccc(CC)c2)CC1. The van der Waals surface area contributed by atoms with E-state index in [1.54, 1.807) is 23.2 Å². The summed E-state index contributed by atoms with van der Waals surface area (Å²) in [5, 5.41) is 7.84. The number of likely N-dealkylation sites (N-methyl/N-ethyl adjacent to an activating group) is 1. The fourth-order valence-electron chi connectivity index (χ4n) is 7.31. The lowest BCUT2D eigenvalue weighted by Gasteiger charge is -2.27. The van der Waals surface area contributed by atoms with Gasteiger partial charge in [-0.15, -0.1) is 11.3 Å². The molecule has 58 heavy (non-hydrogen) atoms. The van der Waals surface area contributed by atoms with Gasteiger partial charge in [-0.2, -0.15) is 0 Å². The minimum atomic E-state index is -0.473. The van der Waals surface area contributed by atoms with Crippen molar-refractivity contribution in [2.75, 3.05) is 64.2 Å². The summed E-state index contributed by atoms with van der Waals surface area (Å²) in [5.41, 5.74) is 3.55. The van der Waals surface area contributed by atoms with Crippen molar-refractivity contribution in [1.82, 2.24) is 15.2 Å². The summed E-state index contributed by atoms with van der Waals surface area (Å²) in [6, 6.07) is 12.0. The molecular formula is C44H64N4O9S. The number of aryl methyl sites for hydroxylation is 1. The van der Waals surface area contributed by atoms with Gasteiger partial charge in [0, 0.05) is 50.7 Å². The number of ketones is 1. The van der Waals surface area contributed by atoms with Crippen molar-refractivity contribution in [2.45, 2.75) is 104 Å². The van der Waals surface area contributed by atoms with E-state index in [1.807, 2.05) is 41.1 Å². The Bertz CT molecular complexity index is 1730. The molecule has 0 unspecified atom stereocenters. The van der Waals surface area contributed by atoms with E-state index < -0.39 is 6.09 Å². The van der Waals surface area contributed by atoms with Gasteiger partial charge in [0.25, 0.3) is 0 Å². The van der Waals surface area contributed by atoms with Gasteiger partial charge in [0.05, 0.1) is 42.3 Å². The first-order chi connectivity index (χ1) is 28.2. The summed E-state index contributed by atoms with van der Waals surface area (Å²) >= 11 is 1.58. The summed E-state index contributed by atoms with van der Waals surface area (Å²) in [7, 11) is 0. The van der Waals surface area contributed by atoms with Gasteiger partial charge >= 0.3 is 12.1 Å². The average Bonchev–Trinajstić information content (AvgIpc) is 3.83. The van der Waals surface area contributed by atoms with Gasteiger partial charge in [-0.1, -0.05) is 31.9 Å². The Balaban J connectivity index is 1.04. The van der Waals surface area contributed by atoms with E-state index in [1.165, 1.54) is 5.56 Å². The highest BCUT2D eigenvalue weighted by Crippen LogP contribution is 2.33. The number of amides is 3. The molecule has 0 bridgehead atoms. The van der Waals surface area contributed by atoms with E-state index in [9.17, 15) is 24.0 Å². The number of ether oxygens (including phenoxy) is 4. The molecule has 1 aliphatic carbocycles. The Morgan fingerprint density at radius 2 is 1.53 bits per heavy atom. The number of carbonyl (C=O) groups excluding carboxylic acids is 5. The van der Waals surface area contributed by atoms with E-state index in [0.29, 0.717) is 71.0 Å². The third-order valence-corrected chi connectivity index (χ3v) is 11.4. The Hall–Kier alpha value is -4.27. The van der Waals surface area contributed by atoms with Crippen LogP contribution in [0.5, 0.6) is 0 Å². The summed E-state index contributed by atoms with van der Waals surface area (Å²) in [5.74, 6) is 0.0546. The number of rotatable bonds is 27. The maximum atomic E-state index is 13.8. The third kappa shape index (κ3) is 15.5. The van der Waals surface area contributed by atoms with Gasteiger partial charge in [-0.3, -0.25) is 19.2 Å². The number of hydrogen-bond acceptors (Lipinski definition) is 10. The zero-order chi connectivity index (χ0) is 41.5. The number of aromatic nitrogens is 1. The molecule has 13 nitrogen and oxygen atoms in total. The van der Waals surface area contributed by atoms with Crippen LogP contribution in [0.15, 0.2) is 41.8 Å². The number of anilines is 1. The molecule has 320 valence electrons. The van der Waals surface area contributed by atoms with Crippen LogP contribution < -0.4 is 15.5 Å². The molecule has 14 heteroatoms. The quantitative estimate of drug-likeness (QED) is 0.0453. The molecule has 0 aliphatic heterocycles. The zero-order valence-electron chi connectivity index (χ0n) is 34.7. The second kappa shape index (κ2) is 26.0. The number of thiophene rings is 1. The Morgan fingerprint density at radius 1 is 0.810 bits per heavy atom. The Morgan fingerprint density at radius 3 is 2.26 bits per heavy atom. The highest BCUT2D eigenvalue weighted by atomic mass is 32.1. The number of benzene rings is 1. The molecule has 1 aromatic carbocycles. The van der Waals surface area contributed by atoms with Gasteiger partial charge in [0.2, 0.25) is 11.8 Å². The molecule has 0 atom stereocenters. The minimum Gasteiger partial charge on any atom is -0.466 e. The first-order valence-electron chi connectivity index (χ1n) is 21.2. The third-order valence-electron chi connectivity index (χ3n) is 10.5. The number of nitrogens with one attached hydrogen (secondary N) is 2. The molecule has 0 radical (unpaired) electrons. The molecule has 2 aromatic heterocycles. The van der Waals surface area contributed by atoms with E-state index in [0.717, 1.165) is 73.7 Å². The highest BCUT2D eigenvalue weighted by Gasteiger charge is 2.29. The molecule has 3 amide bonds. The lowest BCUT2D eigenvalue weighted by atomic mass is 9.79. The van der Waals surface area contributed by atoms with Crippen LogP contribution in [0.25, 0.3) is 10.2 Å². The Kier molecular flexibility index (Phi) is 20.8. The van der Waals surface area contributed by atoms with Crippen molar-refractivity contribution in [3.8, 4) is 0 Å². The fourth-order valence-corrected chi connectivity index (χ4v) is 8.13. The van der Waals surface area contributed by atoms with Crippen molar-refractivity contribution in [1.29, 1.82) is 0 Å². The molecule has 1 fully saturated rings. The monoisotopic (exact) mass is 824 g/mol. The lowest BCUT2D eigenvalue weighted by molar-refractivity contribution is -0.143. The summed E-state index contributed by atoms with van der Waals surface area (Å²) in [6.07, 6.45) is 8.52. The second-order valence-electron chi connectivity index (χ2n) is 14.7. The van der Waals surface area contributed by atoms with Gasteiger partial charge in [-0.25, -0.2) is 4.79 Å². The van der Waals surface area contributed by atoms with Crippen molar-refractivity contribution in [3.05, 3.63) is 53.0 Å². The van der Waals surface area contributed by atoms with Crippen LogP contribution in [0.2, 0.25) is 0 Å². The topological polar surface area (TPSA) is 154 Å². The predicted molar refractivity (Wildman–Crippen MR) is 226 cm³/mol. The van der Waals surface area contributed by atoms with Gasteiger partial charge in [-0.05, 0) is 106 Å². The smallest absolute Gasteiger partial charge is 0.407 e. The van der Waals surface area contributed by atoms with E-state index in [4.69, 9.17) is 18.9 Å². The van der Waals surface area contributed by atoms with Gasteiger partial charge in [0.1, 0.15) is 13.2 Å². The van der Waals surface area contributed by atoms with Crippen molar-refractivity contribution in [3.63, 3.8) is 0 Å². The highest BCUT2D eigenvalue weighted by molar-refractivity contribution is 7.17. The van der Waals surface area contributed by atoms with Crippen LogP contribution in [-0.2, 0) is 46.3 Å². The van der Waals surface area contributed by atoms with E-state index in [-0.39, 0.29) is 55.2 Å². The molecule has 1 saturated carbocycles. The van der Waals surface area contributed by atoms with Crippen molar-refractivity contribution < 1.29 is 42.9 Å². The largest absolute Gasteiger partial charge is 0.466 e. The molecule has 3 aromatic rings. The van der Waals surface area contributed by atoms with E-state index >= 15 is 0 Å². The number of unbranched alkanes of at least 4 members (excludes halogenated alkanes) is 3. The first-order valence-corrected chi connectivity index (χ1v) is 22.1. The Labute approximate surface area is 347 Å². The molecular weight excluding hydrogens is 761 g/mol. The molecule has 2 heterocycles. The standard InChI is InChI=1S/C44H64N4O9S/c1-4-33-13-11-14-36(29-33)47(5-2)41(50)32-48-37-20-28-58-40(37)31-38(48)39(49)30-34-16-18-35(19-17-34)43(52)45-21-9-7-8-10-22-46-44(53)57-27-26-55-25-24-54-23-12-15-42(51)56-6-3/h11,13-14,20,28-29,31,34-35H,4-10,12,15-19,21-27,30,32H2,1-3H3,(H,45,52)(H,46,53). The second-order valence-corrected chi connectivity index (χ2v) is 15.6. The summed E-state index contributed by atoms with van der Waals surface area (Å²) in [4.78, 5) is 65.3. The average molecular weight is 825 g/mol. The predicted octanol–water partition coefficient (Wildman–Crippen LogP) is 7.48. The van der Waals surface area contributed by atoms with Crippen molar-refractivity contribution >= 4 is 56.9 Å². The number of fused-ring (bicyclic) bond motifs is 1. The molecule has 2 N–H and O–H groups in total. The number of nitrogens with zero attached hydrogens (tertiary/aromatic N) is 2. The minimum absolute atomic E-state index is 0.0348. The number of hydrogen-bond donors (Lipinski definition) is 2. The van der Waals surface area contributed by atoms with E-state index in [2.05, 4.69) is 29.7 Å². The lowest BCUT2D eigenvalue weighted by Crippen LogP contribution is -2.35. The molecule has 0 spiro atoms. The number of alkyl carbamates (subject to hydrolysis) is 1.